The molecule has 2 nitrogen and oxygen atoms in total. The molecule has 2 heteroatoms. The molecule has 0 aliphatic heterocycles. The van der Waals surface area contributed by atoms with Gasteiger partial charge >= 0.3 is 0 Å². The van der Waals surface area contributed by atoms with Gasteiger partial charge in [-0.05, 0) is 42.8 Å². The van der Waals surface area contributed by atoms with Gasteiger partial charge in [-0.2, -0.15) is 0 Å². The molecule has 0 atom stereocenters. The number of ketones is 1. The van der Waals surface area contributed by atoms with Crippen LogP contribution in [0.3, 0.4) is 0 Å². The molecule has 0 heterocycles. The molecule has 3 rings (SSSR count). The lowest BCUT2D eigenvalue weighted by atomic mass is 10.0. The van der Waals surface area contributed by atoms with E-state index in [0.717, 1.165) is 40.8 Å². The maximum absolute atomic E-state index is 12.4. The van der Waals surface area contributed by atoms with Gasteiger partial charge in [-0.3, -0.25) is 4.79 Å². The summed E-state index contributed by atoms with van der Waals surface area (Å²) in [6, 6.07) is 13.9. The fourth-order valence-electron chi connectivity index (χ4n) is 2.60. The molecule has 2 aromatic rings. The smallest absolute Gasteiger partial charge is 0.194 e. The van der Waals surface area contributed by atoms with Crippen LogP contribution >= 0.6 is 0 Å². The van der Waals surface area contributed by atoms with E-state index in [4.69, 9.17) is 0 Å². The molecule has 0 spiro atoms. The van der Waals surface area contributed by atoms with Crippen molar-refractivity contribution in [2.24, 2.45) is 0 Å². The van der Waals surface area contributed by atoms with Gasteiger partial charge in [0.2, 0.25) is 0 Å². The molecule has 0 fully saturated rings. The Morgan fingerprint density at radius 1 is 1.00 bits per heavy atom. The summed E-state index contributed by atoms with van der Waals surface area (Å²) >= 11 is 0. The van der Waals surface area contributed by atoms with E-state index < -0.39 is 0 Å². The van der Waals surface area contributed by atoms with Gasteiger partial charge in [0.05, 0.1) is 0 Å². The van der Waals surface area contributed by atoms with E-state index in [2.05, 4.69) is 29.6 Å². The van der Waals surface area contributed by atoms with Crippen molar-refractivity contribution in [2.45, 2.75) is 6.42 Å². The zero-order chi connectivity index (χ0) is 13.9. The summed E-state index contributed by atoms with van der Waals surface area (Å²) in [4.78, 5) is 12.4. The average Bonchev–Trinajstić information content (AvgIpc) is 2.77. The van der Waals surface area contributed by atoms with Crippen molar-refractivity contribution in [1.82, 2.24) is 5.32 Å². The maximum atomic E-state index is 12.4. The molecule has 0 amide bonds. The van der Waals surface area contributed by atoms with Crippen LogP contribution in [0.25, 0.3) is 17.2 Å². The second-order valence-electron chi connectivity index (χ2n) is 4.97. The van der Waals surface area contributed by atoms with E-state index in [0.29, 0.717) is 0 Å². The van der Waals surface area contributed by atoms with Crippen molar-refractivity contribution >= 4 is 11.9 Å². The van der Waals surface area contributed by atoms with Gasteiger partial charge in [-0.15, -0.1) is 0 Å². The van der Waals surface area contributed by atoms with E-state index in [1.54, 1.807) is 0 Å². The highest BCUT2D eigenvalue weighted by molar-refractivity contribution is 6.21. The Morgan fingerprint density at radius 3 is 2.55 bits per heavy atom. The third-order valence-corrected chi connectivity index (χ3v) is 3.62. The number of fused-ring (bicyclic) bond motifs is 3. The standard InChI is InChI=1S/C18H17NO/c1-19-11-5-4-6-13-9-10-15-14-7-2-3-8-16(14)18(20)17(15)12-13/h2-4,6-10,12,19H,5,11H2,1H3. The Balaban J connectivity index is 1.92. The summed E-state index contributed by atoms with van der Waals surface area (Å²) in [5.41, 5.74) is 4.83. The second-order valence-corrected chi connectivity index (χ2v) is 4.97. The zero-order valence-corrected chi connectivity index (χ0v) is 11.5. The summed E-state index contributed by atoms with van der Waals surface area (Å²) < 4.78 is 0. The van der Waals surface area contributed by atoms with Crippen LogP contribution in [0.2, 0.25) is 0 Å². The summed E-state index contributed by atoms with van der Waals surface area (Å²) in [6.45, 7) is 0.964. The van der Waals surface area contributed by atoms with Crippen molar-refractivity contribution < 1.29 is 4.79 Å². The predicted octanol–water partition coefficient (Wildman–Crippen LogP) is 3.52. The van der Waals surface area contributed by atoms with Crippen LogP contribution in [-0.4, -0.2) is 19.4 Å². The first-order chi connectivity index (χ1) is 9.81. The number of carbonyl (C=O) groups excluding carboxylic acids is 1. The van der Waals surface area contributed by atoms with Gasteiger partial charge in [0.1, 0.15) is 0 Å². The Kier molecular flexibility index (Phi) is 3.48. The minimum Gasteiger partial charge on any atom is -0.319 e. The number of hydrogen-bond donors (Lipinski definition) is 1. The SMILES string of the molecule is CNCCC=Cc1ccc2c(c1)C(=O)c1ccccc1-2. The van der Waals surface area contributed by atoms with Crippen LogP contribution < -0.4 is 5.32 Å². The number of carbonyl (C=O) groups is 1. The first-order valence-electron chi connectivity index (χ1n) is 6.90. The van der Waals surface area contributed by atoms with Crippen LogP contribution in [0, 0.1) is 0 Å². The Hall–Kier alpha value is -2.19. The van der Waals surface area contributed by atoms with E-state index in [1.807, 2.05) is 37.4 Å². The van der Waals surface area contributed by atoms with E-state index in [1.165, 1.54) is 0 Å². The van der Waals surface area contributed by atoms with Crippen molar-refractivity contribution in [3.05, 3.63) is 65.2 Å². The molecule has 100 valence electrons. The molecule has 20 heavy (non-hydrogen) atoms. The molecule has 1 aliphatic carbocycles. The van der Waals surface area contributed by atoms with Gasteiger partial charge in [0, 0.05) is 11.1 Å². The summed E-state index contributed by atoms with van der Waals surface area (Å²) in [7, 11) is 1.94. The molecular formula is C18H17NO. The molecule has 1 aliphatic rings. The third kappa shape index (κ3) is 2.19. The number of benzene rings is 2. The Morgan fingerprint density at radius 2 is 1.75 bits per heavy atom. The average molecular weight is 263 g/mol. The van der Waals surface area contributed by atoms with Gasteiger partial charge in [-0.25, -0.2) is 0 Å². The lowest BCUT2D eigenvalue weighted by molar-refractivity contribution is 0.104. The number of nitrogens with one attached hydrogen (secondary N) is 1. The molecular weight excluding hydrogens is 246 g/mol. The third-order valence-electron chi connectivity index (χ3n) is 3.62. The van der Waals surface area contributed by atoms with E-state index >= 15 is 0 Å². The normalized spacial score (nSPS) is 12.8. The van der Waals surface area contributed by atoms with Gasteiger partial charge in [-0.1, -0.05) is 48.6 Å². The molecule has 0 radical (unpaired) electrons. The van der Waals surface area contributed by atoms with Crippen LogP contribution in [-0.2, 0) is 0 Å². The maximum Gasteiger partial charge on any atom is 0.194 e. The van der Waals surface area contributed by atoms with Gasteiger partial charge < -0.3 is 5.32 Å². The minimum atomic E-state index is 0.140. The summed E-state index contributed by atoms with van der Waals surface area (Å²) in [6.07, 6.45) is 5.19. The Bertz CT molecular complexity index is 686. The highest BCUT2D eigenvalue weighted by Gasteiger charge is 2.25. The quantitative estimate of drug-likeness (QED) is 0.730. The molecule has 0 bridgehead atoms. The Labute approximate surface area is 119 Å². The second kappa shape index (κ2) is 5.43. The van der Waals surface area contributed by atoms with E-state index in [-0.39, 0.29) is 5.78 Å². The largest absolute Gasteiger partial charge is 0.319 e. The van der Waals surface area contributed by atoms with E-state index in [9.17, 15) is 4.79 Å². The number of rotatable bonds is 4. The first kappa shape index (κ1) is 12.8. The molecule has 0 saturated carbocycles. The molecule has 2 aromatic carbocycles. The van der Waals surface area contributed by atoms with Gasteiger partial charge in [0.25, 0.3) is 0 Å². The zero-order valence-electron chi connectivity index (χ0n) is 11.5. The van der Waals surface area contributed by atoms with Gasteiger partial charge in [0.15, 0.2) is 5.78 Å². The van der Waals surface area contributed by atoms with Crippen LogP contribution in [0.1, 0.15) is 27.9 Å². The lowest BCUT2D eigenvalue weighted by Crippen LogP contribution is -2.05. The van der Waals surface area contributed by atoms with Crippen LogP contribution in [0.5, 0.6) is 0 Å². The lowest BCUT2D eigenvalue weighted by Gasteiger charge is -2.01. The molecule has 0 saturated heterocycles. The highest BCUT2D eigenvalue weighted by Crippen LogP contribution is 2.36. The minimum absolute atomic E-state index is 0.140. The fraction of sp³-hybridized carbons (Fsp3) is 0.167. The van der Waals surface area contributed by atoms with Crippen molar-refractivity contribution in [3.63, 3.8) is 0 Å². The molecule has 0 aromatic heterocycles. The number of hydrogen-bond acceptors (Lipinski definition) is 2. The topological polar surface area (TPSA) is 29.1 Å². The first-order valence-corrected chi connectivity index (χ1v) is 6.90. The van der Waals surface area contributed by atoms with Crippen molar-refractivity contribution in [1.29, 1.82) is 0 Å². The molecule has 0 unspecified atom stereocenters. The summed E-state index contributed by atoms with van der Waals surface area (Å²) in [5, 5.41) is 3.11. The predicted molar refractivity (Wildman–Crippen MR) is 82.9 cm³/mol. The van der Waals surface area contributed by atoms with Crippen LogP contribution in [0.4, 0.5) is 0 Å². The van der Waals surface area contributed by atoms with Crippen molar-refractivity contribution in [2.75, 3.05) is 13.6 Å². The van der Waals surface area contributed by atoms with Crippen LogP contribution in [0.15, 0.2) is 48.5 Å². The monoisotopic (exact) mass is 263 g/mol. The van der Waals surface area contributed by atoms with Crippen molar-refractivity contribution in [3.8, 4) is 11.1 Å². The summed E-state index contributed by atoms with van der Waals surface area (Å²) in [5.74, 6) is 0.140. The fourth-order valence-corrected chi connectivity index (χ4v) is 2.60. The highest BCUT2D eigenvalue weighted by atomic mass is 16.1. The molecule has 1 N–H and O–H groups in total.